The maximum absolute atomic E-state index is 6.00. The normalized spacial score (nSPS) is 15.2. The SMILES string of the molecule is CC(N)Cc1cc(Br)ccc1N1CCc2ccccc21. The molecular weight excluding hydrogens is 312 g/mol. The van der Waals surface area contributed by atoms with Gasteiger partial charge in [0.2, 0.25) is 0 Å². The fourth-order valence-electron chi connectivity index (χ4n) is 2.92. The van der Waals surface area contributed by atoms with E-state index >= 15 is 0 Å². The molecule has 1 aliphatic rings. The number of fused-ring (bicyclic) bond motifs is 1. The van der Waals surface area contributed by atoms with E-state index < -0.39 is 0 Å². The monoisotopic (exact) mass is 330 g/mol. The number of rotatable bonds is 3. The number of nitrogens with two attached hydrogens (primary N) is 1. The number of hydrogen-bond donors (Lipinski definition) is 1. The van der Waals surface area contributed by atoms with Crippen molar-refractivity contribution in [2.45, 2.75) is 25.8 Å². The maximum Gasteiger partial charge on any atom is 0.0444 e. The molecule has 2 nitrogen and oxygen atoms in total. The van der Waals surface area contributed by atoms with Gasteiger partial charge in [-0.05, 0) is 55.2 Å². The van der Waals surface area contributed by atoms with E-state index in [2.05, 4.69) is 70.2 Å². The third-order valence-electron chi connectivity index (χ3n) is 3.76. The minimum atomic E-state index is 0.167. The highest BCUT2D eigenvalue weighted by Crippen LogP contribution is 2.37. The Kier molecular flexibility index (Phi) is 3.81. The molecule has 2 N–H and O–H groups in total. The summed E-state index contributed by atoms with van der Waals surface area (Å²) < 4.78 is 1.12. The Morgan fingerprint density at radius 3 is 2.80 bits per heavy atom. The van der Waals surface area contributed by atoms with E-state index in [0.717, 1.165) is 23.9 Å². The molecule has 20 heavy (non-hydrogen) atoms. The van der Waals surface area contributed by atoms with Gasteiger partial charge in [-0.25, -0.2) is 0 Å². The molecule has 0 fully saturated rings. The summed E-state index contributed by atoms with van der Waals surface area (Å²) in [5, 5.41) is 0. The maximum atomic E-state index is 6.00. The molecule has 1 aliphatic heterocycles. The van der Waals surface area contributed by atoms with Gasteiger partial charge in [0, 0.05) is 28.4 Å². The van der Waals surface area contributed by atoms with Gasteiger partial charge in [-0.3, -0.25) is 0 Å². The Morgan fingerprint density at radius 2 is 2.00 bits per heavy atom. The van der Waals surface area contributed by atoms with E-state index in [-0.39, 0.29) is 6.04 Å². The molecule has 3 rings (SSSR count). The van der Waals surface area contributed by atoms with Crippen molar-refractivity contribution in [3.63, 3.8) is 0 Å². The summed E-state index contributed by atoms with van der Waals surface area (Å²) >= 11 is 3.57. The number of nitrogens with zero attached hydrogens (tertiary/aromatic N) is 1. The quantitative estimate of drug-likeness (QED) is 0.920. The van der Waals surface area contributed by atoms with Crippen LogP contribution in [0.25, 0.3) is 0 Å². The average molecular weight is 331 g/mol. The molecule has 0 radical (unpaired) electrons. The van der Waals surface area contributed by atoms with Gasteiger partial charge in [0.25, 0.3) is 0 Å². The van der Waals surface area contributed by atoms with Crippen LogP contribution in [0.2, 0.25) is 0 Å². The van der Waals surface area contributed by atoms with Gasteiger partial charge in [0.15, 0.2) is 0 Å². The Bertz CT molecular complexity index is 622. The topological polar surface area (TPSA) is 29.3 Å². The van der Waals surface area contributed by atoms with Crippen molar-refractivity contribution in [2.24, 2.45) is 5.73 Å². The molecule has 0 saturated heterocycles. The van der Waals surface area contributed by atoms with E-state index in [4.69, 9.17) is 5.73 Å². The molecule has 0 amide bonds. The van der Waals surface area contributed by atoms with Gasteiger partial charge in [-0.15, -0.1) is 0 Å². The summed E-state index contributed by atoms with van der Waals surface area (Å²) in [4.78, 5) is 2.42. The first-order valence-electron chi connectivity index (χ1n) is 7.04. The summed E-state index contributed by atoms with van der Waals surface area (Å²) in [7, 11) is 0. The lowest BCUT2D eigenvalue weighted by molar-refractivity contribution is 0.736. The van der Waals surface area contributed by atoms with Gasteiger partial charge in [0.05, 0.1) is 0 Å². The minimum Gasteiger partial charge on any atom is -0.341 e. The van der Waals surface area contributed by atoms with Crippen molar-refractivity contribution >= 4 is 27.3 Å². The lowest BCUT2D eigenvalue weighted by atomic mass is 10.0. The van der Waals surface area contributed by atoms with Gasteiger partial charge in [0.1, 0.15) is 0 Å². The molecule has 0 aliphatic carbocycles. The van der Waals surface area contributed by atoms with Crippen LogP contribution in [0.4, 0.5) is 11.4 Å². The second kappa shape index (κ2) is 5.58. The Balaban J connectivity index is 2.03. The summed E-state index contributed by atoms with van der Waals surface area (Å²) in [6, 6.07) is 15.3. The molecule has 104 valence electrons. The zero-order valence-corrected chi connectivity index (χ0v) is 13.2. The lowest BCUT2D eigenvalue weighted by Gasteiger charge is -2.24. The molecule has 1 unspecified atom stereocenters. The van der Waals surface area contributed by atoms with E-state index in [1.165, 1.54) is 22.5 Å². The summed E-state index contributed by atoms with van der Waals surface area (Å²) in [6.45, 7) is 3.11. The third-order valence-corrected chi connectivity index (χ3v) is 4.25. The number of para-hydroxylation sites is 1. The average Bonchev–Trinajstić information content (AvgIpc) is 2.82. The van der Waals surface area contributed by atoms with Crippen molar-refractivity contribution in [1.29, 1.82) is 0 Å². The fraction of sp³-hybridized carbons (Fsp3) is 0.294. The zero-order valence-electron chi connectivity index (χ0n) is 11.6. The highest BCUT2D eigenvalue weighted by molar-refractivity contribution is 9.10. The van der Waals surface area contributed by atoms with E-state index in [0.29, 0.717) is 0 Å². The molecule has 0 saturated carbocycles. The highest BCUT2D eigenvalue weighted by atomic mass is 79.9. The molecule has 3 heteroatoms. The number of hydrogen-bond acceptors (Lipinski definition) is 2. The van der Waals surface area contributed by atoms with Crippen LogP contribution in [0.15, 0.2) is 46.9 Å². The number of anilines is 2. The van der Waals surface area contributed by atoms with Gasteiger partial charge in [-0.2, -0.15) is 0 Å². The standard InChI is InChI=1S/C17H19BrN2/c1-12(19)10-14-11-15(18)6-7-17(14)20-9-8-13-4-2-3-5-16(13)20/h2-7,11-12H,8-10,19H2,1H3. The van der Waals surface area contributed by atoms with Crippen molar-refractivity contribution in [2.75, 3.05) is 11.4 Å². The molecule has 0 aromatic heterocycles. The number of benzene rings is 2. The van der Waals surface area contributed by atoms with Gasteiger partial charge < -0.3 is 10.6 Å². The van der Waals surface area contributed by atoms with Crippen LogP contribution in [0.1, 0.15) is 18.1 Å². The molecule has 2 aromatic rings. The molecule has 0 spiro atoms. The molecule has 0 bridgehead atoms. The van der Waals surface area contributed by atoms with Gasteiger partial charge in [-0.1, -0.05) is 34.1 Å². The first-order valence-corrected chi connectivity index (χ1v) is 7.84. The summed E-state index contributed by atoms with van der Waals surface area (Å²) in [6.07, 6.45) is 2.01. The van der Waals surface area contributed by atoms with Crippen molar-refractivity contribution in [1.82, 2.24) is 0 Å². The van der Waals surface area contributed by atoms with Crippen LogP contribution in [-0.2, 0) is 12.8 Å². The van der Waals surface area contributed by atoms with Crippen molar-refractivity contribution in [3.8, 4) is 0 Å². The van der Waals surface area contributed by atoms with Crippen LogP contribution in [0.5, 0.6) is 0 Å². The summed E-state index contributed by atoms with van der Waals surface area (Å²) in [5.74, 6) is 0. The largest absolute Gasteiger partial charge is 0.341 e. The molecule has 1 heterocycles. The summed E-state index contributed by atoms with van der Waals surface area (Å²) in [5.41, 5.74) is 11.4. The molecule has 2 aromatic carbocycles. The molecular formula is C17H19BrN2. The first-order chi connectivity index (χ1) is 9.65. The van der Waals surface area contributed by atoms with Crippen LogP contribution in [0, 0.1) is 0 Å². The Labute approximate surface area is 128 Å². The predicted octanol–water partition coefficient (Wildman–Crippen LogP) is 4.03. The Hall–Kier alpha value is -1.32. The van der Waals surface area contributed by atoms with Crippen LogP contribution < -0.4 is 10.6 Å². The number of halogens is 1. The van der Waals surface area contributed by atoms with Crippen molar-refractivity contribution < 1.29 is 0 Å². The minimum absolute atomic E-state index is 0.167. The van der Waals surface area contributed by atoms with Gasteiger partial charge >= 0.3 is 0 Å². The fourth-order valence-corrected chi connectivity index (χ4v) is 3.32. The predicted molar refractivity (Wildman–Crippen MR) is 88.6 cm³/mol. The zero-order chi connectivity index (χ0) is 14.1. The smallest absolute Gasteiger partial charge is 0.0444 e. The van der Waals surface area contributed by atoms with E-state index in [1.807, 2.05) is 0 Å². The lowest BCUT2D eigenvalue weighted by Crippen LogP contribution is -2.21. The first kappa shape index (κ1) is 13.7. The Morgan fingerprint density at radius 1 is 1.20 bits per heavy atom. The van der Waals surface area contributed by atoms with Crippen LogP contribution in [-0.4, -0.2) is 12.6 Å². The second-order valence-corrected chi connectivity index (χ2v) is 6.40. The second-order valence-electron chi connectivity index (χ2n) is 5.48. The van der Waals surface area contributed by atoms with Crippen molar-refractivity contribution in [3.05, 3.63) is 58.1 Å². The highest BCUT2D eigenvalue weighted by Gasteiger charge is 2.22. The van der Waals surface area contributed by atoms with Crippen LogP contribution in [0.3, 0.4) is 0 Å². The van der Waals surface area contributed by atoms with E-state index in [9.17, 15) is 0 Å². The van der Waals surface area contributed by atoms with E-state index in [1.54, 1.807) is 0 Å². The third kappa shape index (κ3) is 2.60. The van der Waals surface area contributed by atoms with Crippen LogP contribution >= 0.6 is 15.9 Å². The molecule has 1 atom stereocenters.